The number of fused-ring (bicyclic) bond motifs is 1. The molecule has 56 heavy (non-hydrogen) atoms. The fraction of sp³-hybridized carbons (Fsp3) is 0.650. The minimum Gasteiger partial charge on any atom is -0.306 e. The van der Waals surface area contributed by atoms with Crippen LogP contribution in [0.2, 0.25) is 0 Å². The molecule has 0 aliphatic carbocycles. The van der Waals surface area contributed by atoms with Crippen LogP contribution in [0, 0.1) is 0 Å². The summed E-state index contributed by atoms with van der Waals surface area (Å²) in [6.07, 6.45) is 38.3. The monoisotopic (exact) mass is 932 g/mol. The first kappa shape index (κ1) is 48.4. The minimum absolute atomic E-state index is 0.0491. The van der Waals surface area contributed by atoms with Gasteiger partial charge >= 0.3 is 0 Å². The number of thiophene rings is 2. The molecule has 326 valence electrons. The number of unbranched alkanes of at least 4 members (excludes halogenated alkanes) is 6. The molecule has 2 aromatic heterocycles. The maximum Gasteiger partial charge on any atom is 0.261 e. The Morgan fingerprint density at radius 2 is 0.768 bits per heavy atom. The molecule has 0 unspecified atom stereocenters. The molecule has 2 aromatic rings. The fourth-order valence-corrected chi connectivity index (χ4v) is 25.5. The first-order valence-electron chi connectivity index (χ1n) is 19.1. The molecule has 0 radical (unpaired) electrons. The second kappa shape index (κ2) is 19.6. The van der Waals surface area contributed by atoms with Crippen molar-refractivity contribution in [1.29, 1.82) is 0 Å². The van der Waals surface area contributed by atoms with Crippen molar-refractivity contribution in [2.45, 2.75) is 51.4 Å². The van der Waals surface area contributed by atoms with Crippen molar-refractivity contribution < 1.29 is 24.1 Å². The van der Waals surface area contributed by atoms with Crippen LogP contribution in [0.4, 0.5) is 0 Å². The lowest BCUT2D eigenvalue weighted by Gasteiger charge is -2.49. The molecule has 0 N–H and O–H groups in total. The molecular weight excluding hydrogens is 861 g/mol. The van der Waals surface area contributed by atoms with Crippen LogP contribution in [-0.2, 0) is 24.1 Å². The van der Waals surface area contributed by atoms with Crippen LogP contribution in [0.15, 0.2) is 46.2 Å². The predicted octanol–water partition coefficient (Wildman–Crippen LogP) is 11.8. The Hall–Kier alpha value is -0.240. The Bertz CT molecular complexity index is 1530. The van der Waals surface area contributed by atoms with Gasteiger partial charge in [0.1, 0.15) is 0 Å². The van der Waals surface area contributed by atoms with Crippen molar-refractivity contribution in [1.82, 2.24) is 9.80 Å². The largest absolute Gasteiger partial charge is 0.306 e. The highest BCUT2D eigenvalue weighted by atomic mass is 32.4. The molecule has 4 heterocycles. The summed E-state index contributed by atoms with van der Waals surface area (Å²) < 4.78 is 26.4. The molecule has 2 aliphatic heterocycles. The van der Waals surface area contributed by atoms with E-state index >= 15 is 0 Å². The summed E-state index contributed by atoms with van der Waals surface area (Å²) in [6, 6.07) is 8.10. The maximum atomic E-state index is 14.5. The van der Waals surface area contributed by atoms with Gasteiger partial charge in [-0.2, -0.15) is 21.2 Å². The summed E-state index contributed by atoms with van der Waals surface area (Å²) in [5.41, 5.74) is 2.72. The molecule has 0 atom stereocenters. The summed E-state index contributed by atoms with van der Waals surface area (Å²) in [6.45, 7) is 1.17. The van der Waals surface area contributed by atoms with E-state index < -0.39 is 62.4 Å². The number of carbonyl (C=O) groups excluding carboxylic acids is 2. The zero-order valence-electron chi connectivity index (χ0n) is 36.6. The lowest BCUT2D eigenvalue weighted by Crippen LogP contribution is -2.30. The van der Waals surface area contributed by atoms with Gasteiger partial charge in [0.2, 0.25) is 0 Å². The third-order valence-electron chi connectivity index (χ3n) is 8.38. The zero-order valence-corrected chi connectivity index (χ0v) is 43.1. The van der Waals surface area contributed by atoms with E-state index in [1.54, 1.807) is 22.7 Å². The molecule has 0 aromatic carbocycles. The number of hydrogen-bond acceptors (Lipinski definition) is 8. The van der Waals surface area contributed by atoms with Crippen LogP contribution >= 0.6 is 85.1 Å². The van der Waals surface area contributed by atoms with Gasteiger partial charge in [-0.3, -0.25) is 9.59 Å². The van der Waals surface area contributed by atoms with Gasteiger partial charge in [-0.25, -0.2) is 14.5 Å². The highest BCUT2D eigenvalue weighted by Gasteiger charge is 2.49. The zero-order chi connectivity index (χ0) is 41.7. The van der Waals surface area contributed by atoms with Crippen LogP contribution in [-0.4, -0.2) is 134 Å². The lowest BCUT2D eigenvalue weighted by molar-refractivity contribution is -0.124. The van der Waals surface area contributed by atoms with Crippen molar-refractivity contribution in [3.05, 3.63) is 55.9 Å². The average molecular weight is 934 g/mol. The number of nitrogens with zero attached hydrogens (tertiary/aromatic N) is 2. The van der Waals surface area contributed by atoms with Crippen molar-refractivity contribution in [2.24, 2.45) is 0 Å². The van der Waals surface area contributed by atoms with Gasteiger partial charge in [-0.1, -0.05) is 37.8 Å². The first-order valence-corrected chi connectivity index (χ1v) is 36.1. The quantitative estimate of drug-likeness (QED) is 0.0976. The van der Waals surface area contributed by atoms with E-state index in [2.05, 4.69) is 87.6 Å². The van der Waals surface area contributed by atoms with Crippen molar-refractivity contribution in [2.75, 3.05) is 112 Å². The van der Waals surface area contributed by atoms with E-state index in [0.29, 0.717) is 24.2 Å². The van der Waals surface area contributed by atoms with Crippen LogP contribution in [0.1, 0.15) is 61.1 Å². The standard InChI is InChI=1S/C40H72N2O6S8/c1-51(2,3)45-55(13,46-52(4,5)6)31-21-17-15-19-27-41-37(33-25-23-29-49-33)35-36(39(41)43)38(34-26-24-30-50-34)42(40(35)44)28-20-16-18-22-32-56(14,47-53(7,8)9)48-54(10,11)12/h23-26,29-30H,15-22,27-28,31-32H2,1-14H3. The molecule has 0 fully saturated rings. The molecule has 4 rings (SSSR count). The Kier molecular flexibility index (Phi) is 17.0. The van der Waals surface area contributed by atoms with Gasteiger partial charge in [-0.15, -0.1) is 63.9 Å². The third-order valence-corrected chi connectivity index (χ3v) is 23.3. The van der Waals surface area contributed by atoms with E-state index in [0.717, 1.165) is 84.0 Å². The van der Waals surface area contributed by atoms with Crippen LogP contribution in [0.5, 0.6) is 0 Å². The summed E-state index contributed by atoms with van der Waals surface area (Å²) >= 11 is 3.18. The molecule has 16 heteroatoms. The summed E-state index contributed by atoms with van der Waals surface area (Å²) in [5.74, 6) is 1.73. The number of hydrogen-bond donors (Lipinski definition) is 0. The van der Waals surface area contributed by atoms with Crippen molar-refractivity contribution in [3.8, 4) is 0 Å². The number of carbonyl (C=O) groups is 2. The number of rotatable bonds is 24. The normalized spacial score (nSPS) is 18.0. The summed E-state index contributed by atoms with van der Waals surface area (Å²) in [7, 11) is -7.96. The fourth-order valence-electron chi connectivity index (χ4n) is 7.02. The van der Waals surface area contributed by atoms with E-state index in [9.17, 15) is 9.59 Å². The van der Waals surface area contributed by atoms with Crippen LogP contribution in [0.25, 0.3) is 11.4 Å². The lowest BCUT2D eigenvalue weighted by atomic mass is 10.1. The Morgan fingerprint density at radius 3 is 1.04 bits per heavy atom. The van der Waals surface area contributed by atoms with Crippen molar-refractivity contribution in [3.63, 3.8) is 0 Å². The summed E-state index contributed by atoms with van der Waals surface area (Å²) in [5, 5.41) is 4.06. The highest BCUT2D eigenvalue weighted by Crippen LogP contribution is 2.66. The first-order chi connectivity index (χ1) is 25.8. The van der Waals surface area contributed by atoms with Crippen LogP contribution in [0.3, 0.4) is 0 Å². The second-order valence-electron chi connectivity index (χ2n) is 17.6. The summed E-state index contributed by atoms with van der Waals surface area (Å²) in [4.78, 5) is 34.8. The van der Waals surface area contributed by atoms with Crippen molar-refractivity contribution >= 4 is 108 Å². The highest BCUT2D eigenvalue weighted by molar-refractivity contribution is 8.44. The van der Waals surface area contributed by atoms with Crippen LogP contribution < -0.4 is 0 Å². The van der Waals surface area contributed by atoms with Gasteiger partial charge < -0.3 is 9.80 Å². The SMILES string of the molecule is CS(C)(C)OS(C)(CCCCCCN1C(=O)C2=C(c3cccs3)N(CCCCCCS(C)(OS(C)(C)C)OS(C)(C)C)C(=O)C2=C1c1cccs1)OS(C)(C)C. The van der Waals surface area contributed by atoms with Gasteiger partial charge in [0.25, 0.3) is 11.8 Å². The van der Waals surface area contributed by atoms with Gasteiger partial charge in [-0.05, 0) is 124 Å². The van der Waals surface area contributed by atoms with Gasteiger partial charge in [0, 0.05) is 37.1 Å². The molecule has 8 nitrogen and oxygen atoms in total. The van der Waals surface area contributed by atoms with Gasteiger partial charge in [0.05, 0.1) is 32.3 Å². The van der Waals surface area contributed by atoms with Gasteiger partial charge in [0.15, 0.2) is 0 Å². The minimum atomic E-state index is -1.64. The molecule has 0 bridgehead atoms. The smallest absolute Gasteiger partial charge is 0.261 e. The topological polar surface area (TPSA) is 77.5 Å². The van der Waals surface area contributed by atoms with E-state index in [-0.39, 0.29) is 11.8 Å². The molecule has 2 amide bonds. The Labute approximate surface area is 358 Å². The molecule has 0 saturated heterocycles. The van der Waals surface area contributed by atoms with E-state index in [1.165, 1.54) is 0 Å². The molecule has 0 saturated carbocycles. The predicted molar refractivity (Wildman–Crippen MR) is 265 cm³/mol. The molecule has 2 aliphatic rings. The third kappa shape index (κ3) is 14.5. The second-order valence-corrected chi connectivity index (χ2v) is 40.0. The number of amides is 2. The van der Waals surface area contributed by atoms with E-state index in [1.807, 2.05) is 44.8 Å². The van der Waals surface area contributed by atoms with E-state index in [4.69, 9.17) is 14.5 Å². The molecule has 0 spiro atoms. The molecular formula is C40H72N2O6S8. The average Bonchev–Trinajstić information content (AvgIpc) is 3.81. The maximum absolute atomic E-state index is 14.5. The Morgan fingerprint density at radius 1 is 0.464 bits per heavy atom. The Balaban J connectivity index is 1.44.